The lowest BCUT2D eigenvalue weighted by molar-refractivity contribution is -0.121. The molecule has 0 unspecified atom stereocenters. The van der Waals surface area contributed by atoms with Crippen LogP contribution in [0.1, 0.15) is 45.0 Å². The number of benzene rings is 1. The molecule has 0 saturated carbocycles. The topological polar surface area (TPSA) is 71.5 Å². The predicted octanol–water partition coefficient (Wildman–Crippen LogP) is 3.71. The van der Waals surface area contributed by atoms with Gasteiger partial charge < -0.3 is 10.1 Å². The van der Waals surface area contributed by atoms with Gasteiger partial charge in [-0.25, -0.2) is 9.78 Å². The highest BCUT2D eigenvalue weighted by Gasteiger charge is 2.26. The van der Waals surface area contributed by atoms with E-state index in [0.29, 0.717) is 11.3 Å². The molecule has 1 aliphatic rings. The number of nitrogens with one attached hydrogen (secondary N) is 1. The van der Waals surface area contributed by atoms with Crippen LogP contribution in [0.25, 0.3) is 0 Å². The fourth-order valence-corrected chi connectivity index (χ4v) is 4.16. The Morgan fingerprint density at radius 2 is 1.96 bits per heavy atom. The van der Waals surface area contributed by atoms with Crippen LogP contribution in [0.15, 0.2) is 17.5 Å². The molecule has 6 nitrogen and oxygen atoms in total. The van der Waals surface area contributed by atoms with Crippen LogP contribution < -0.4 is 5.32 Å². The van der Waals surface area contributed by atoms with Crippen molar-refractivity contribution < 1.29 is 14.3 Å². The quantitative estimate of drug-likeness (QED) is 0.774. The van der Waals surface area contributed by atoms with Gasteiger partial charge in [0, 0.05) is 23.5 Å². The van der Waals surface area contributed by atoms with Gasteiger partial charge in [0.05, 0.1) is 23.4 Å². The number of aryl methyl sites for hydroxylation is 2. The van der Waals surface area contributed by atoms with Crippen LogP contribution in [0, 0.1) is 26.7 Å². The Labute approximate surface area is 169 Å². The molecule has 1 amide bonds. The average Bonchev–Trinajstić information content (AvgIpc) is 3.09. The van der Waals surface area contributed by atoms with Crippen LogP contribution in [0.5, 0.6) is 0 Å². The Morgan fingerprint density at radius 1 is 1.25 bits per heavy atom. The number of methoxy groups -OCH3 is 1. The maximum Gasteiger partial charge on any atom is 0.338 e. The van der Waals surface area contributed by atoms with Crippen LogP contribution in [0.4, 0.5) is 5.69 Å². The third-order valence-electron chi connectivity index (χ3n) is 5.35. The standard InChI is InChI=1S/C21H27N3O3S/c1-13-9-17(10-19(14(13)2)21(26)27-4)23-20(25)16-5-7-24(8-6-16)11-18-12-28-15(3)22-18/h9-10,12,16H,5-8,11H2,1-4H3,(H,23,25). The third kappa shape index (κ3) is 4.77. The second-order valence-electron chi connectivity index (χ2n) is 7.35. The summed E-state index contributed by atoms with van der Waals surface area (Å²) in [6.45, 7) is 8.44. The summed E-state index contributed by atoms with van der Waals surface area (Å²) in [7, 11) is 1.36. The number of carbonyl (C=O) groups excluding carboxylic acids is 2. The van der Waals surface area contributed by atoms with E-state index in [1.54, 1.807) is 17.4 Å². The van der Waals surface area contributed by atoms with Gasteiger partial charge in [0.1, 0.15) is 0 Å². The average molecular weight is 402 g/mol. The van der Waals surface area contributed by atoms with E-state index in [4.69, 9.17) is 4.74 Å². The van der Waals surface area contributed by atoms with Gasteiger partial charge in [-0.05, 0) is 70.0 Å². The summed E-state index contributed by atoms with van der Waals surface area (Å²) in [5.74, 6) is -0.387. The van der Waals surface area contributed by atoms with Crippen molar-refractivity contribution in [1.82, 2.24) is 9.88 Å². The minimum Gasteiger partial charge on any atom is -0.465 e. The minimum absolute atomic E-state index is 0.0169. The third-order valence-corrected chi connectivity index (χ3v) is 6.17. The lowest BCUT2D eigenvalue weighted by Crippen LogP contribution is -2.37. The van der Waals surface area contributed by atoms with Crippen LogP contribution in [-0.2, 0) is 16.1 Å². The number of likely N-dealkylation sites (tertiary alicyclic amines) is 1. The molecule has 0 aliphatic carbocycles. The van der Waals surface area contributed by atoms with Crippen LogP contribution in [-0.4, -0.2) is 42.0 Å². The van der Waals surface area contributed by atoms with E-state index in [9.17, 15) is 9.59 Å². The summed E-state index contributed by atoms with van der Waals surface area (Å²) in [5, 5.41) is 6.18. The SMILES string of the molecule is COC(=O)c1cc(NC(=O)C2CCN(Cc3csc(C)n3)CC2)cc(C)c1C. The maximum atomic E-state index is 12.7. The number of thiazole rings is 1. The Bertz CT molecular complexity index is 870. The van der Waals surface area contributed by atoms with Crippen molar-refractivity contribution in [3.05, 3.63) is 44.9 Å². The van der Waals surface area contributed by atoms with Gasteiger partial charge in [0.2, 0.25) is 5.91 Å². The highest BCUT2D eigenvalue weighted by atomic mass is 32.1. The van der Waals surface area contributed by atoms with Gasteiger partial charge in [-0.3, -0.25) is 9.69 Å². The molecule has 2 heterocycles. The summed E-state index contributed by atoms with van der Waals surface area (Å²) >= 11 is 1.67. The summed E-state index contributed by atoms with van der Waals surface area (Å²) in [6, 6.07) is 3.60. The van der Waals surface area contributed by atoms with E-state index in [1.807, 2.05) is 26.8 Å². The number of esters is 1. The Hall–Kier alpha value is -2.25. The number of hydrogen-bond acceptors (Lipinski definition) is 6. The molecule has 7 heteroatoms. The molecule has 0 bridgehead atoms. The number of hydrogen-bond donors (Lipinski definition) is 1. The lowest BCUT2D eigenvalue weighted by atomic mass is 9.95. The van der Waals surface area contributed by atoms with Gasteiger partial charge in [-0.1, -0.05) is 0 Å². The second-order valence-corrected chi connectivity index (χ2v) is 8.42. The molecule has 1 saturated heterocycles. The number of rotatable bonds is 5. The van der Waals surface area contributed by atoms with Gasteiger partial charge in [0.25, 0.3) is 0 Å². The number of aromatic nitrogens is 1. The molecule has 1 N–H and O–H groups in total. The fourth-order valence-electron chi connectivity index (χ4n) is 3.56. The minimum atomic E-state index is -0.387. The van der Waals surface area contributed by atoms with Crippen LogP contribution in [0.3, 0.4) is 0 Å². The van der Waals surface area contributed by atoms with Gasteiger partial charge in [-0.15, -0.1) is 11.3 Å². The Morgan fingerprint density at radius 3 is 2.57 bits per heavy atom. The normalized spacial score (nSPS) is 15.4. The molecule has 1 aromatic carbocycles. The molecule has 150 valence electrons. The first-order valence-corrected chi connectivity index (χ1v) is 10.4. The highest BCUT2D eigenvalue weighted by molar-refractivity contribution is 7.09. The summed E-state index contributed by atoms with van der Waals surface area (Å²) in [6.07, 6.45) is 1.65. The number of ether oxygens (including phenoxy) is 1. The van der Waals surface area contributed by atoms with E-state index in [0.717, 1.165) is 54.3 Å². The lowest BCUT2D eigenvalue weighted by Gasteiger charge is -2.30. The summed E-state index contributed by atoms with van der Waals surface area (Å²) in [5.41, 5.74) is 4.07. The summed E-state index contributed by atoms with van der Waals surface area (Å²) in [4.78, 5) is 31.6. The number of amides is 1. The van der Waals surface area contributed by atoms with Crippen molar-refractivity contribution in [3.63, 3.8) is 0 Å². The Kier molecular flexibility index (Phi) is 6.46. The van der Waals surface area contributed by atoms with Crippen LogP contribution >= 0.6 is 11.3 Å². The first-order chi connectivity index (χ1) is 13.4. The first-order valence-electron chi connectivity index (χ1n) is 9.51. The maximum absolute atomic E-state index is 12.7. The molecule has 2 aromatic rings. The zero-order chi connectivity index (χ0) is 20.3. The van der Waals surface area contributed by atoms with Crippen molar-refractivity contribution in [2.24, 2.45) is 5.92 Å². The molecule has 3 rings (SSSR count). The highest BCUT2D eigenvalue weighted by Crippen LogP contribution is 2.24. The zero-order valence-electron chi connectivity index (χ0n) is 16.9. The molecule has 28 heavy (non-hydrogen) atoms. The number of nitrogens with zero attached hydrogens (tertiary/aromatic N) is 2. The fraction of sp³-hybridized carbons (Fsp3) is 0.476. The van der Waals surface area contributed by atoms with Crippen molar-refractivity contribution >= 4 is 28.9 Å². The van der Waals surface area contributed by atoms with Crippen LogP contribution in [0.2, 0.25) is 0 Å². The predicted molar refractivity (Wildman–Crippen MR) is 111 cm³/mol. The molecule has 1 fully saturated rings. The van der Waals surface area contributed by atoms with E-state index in [-0.39, 0.29) is 17.8 Å². The molecule has 1 aliphatic heterocycles. The van der Waals surface area contributed by atoms with Gasteiger partial charge in [0.15, 0.2) is 0 Å². The molecule has 0 radical (unpaired) electrons. The number of anilines is 1. The van der Waals surface area contributed by atoms with Crippen molar-refractivity contribution in [3.8, 4) is 0 Å². The second kappa shape index (κ2) is 8.84. The monoisotopic (exact) mass is 401 g/mol. The van der Waals surface area contributed by atoms with Gasteiger partial charge >= 0.3 is 5.97 Å². The summed E-state index contributed by atoms with van der Waals surface area (Å²) < 4.78 is 4.85. The molecule has 0 spiro atoms. The van der Waals surface area contributed by atoms with E-state index >= 15 is 0 Å². The molecular formula is C21H27N3O3S. The molecular weight excluding hydrogens is 374 g/mol. The van der Waals surface area contributed by atoms with Crippen molar-refractivity contribution in [2.75, 3.05) is 25.5 Å². The number of carbonyl (C=O) groups is 2. The van der Waals surface area contributed by atoms with E-state index < -0.39 is 0 Å². The molecule has 1 aromatic heterocycles. The Balaban J connectivity index is 1.58. The molecule has 0 atom stereocenters. The van der Waals surface area contributed by atoms with Gasteiger partial charge in [-0.2, -0.15) is 0 Å². The first kappa shape index (κ1) is 20.5. The van der Waals surface area contributed by atoms with Crippen molar-refractivity contribution in [2.45, 2.75) is 40.2 Å². The zero-order valence-corrected chi connectivity index (χ0v) is 17.7. The number of piperidine rings is 1. The van der Waals surface area contributed by atoms with Crippen molar-refractivity contribution in [1.29, 1.82) is 0 Å². The van der Waals surface area contributed by atoms with E-state index in [2.05, 4.69) is 20.6 Å². The smallest absolute Gasteiger partial charge is 0.338 e. The van der Waals surface area contributed by atoms with E-state index in [1.165, 1.54) is 7.11 Å². The largest absolute Gasteiger partial charge is 0.465 e.